The van der Waals surface area contributed by atoms with E-state index in [9.17, 15) is 14.9 Å². The molecule has 27 heavy (non-hydrogen) atoms. The zero-order valence-electron chi connectivity index (χ0n) is 14.1. The van der Waals surface area contributed by atoms with Crippen LogP contribution in [0.25, 0.3) is 5.69 Å². The van der Waals surface area contributed by atoms with Gasteiger partial charge < -0.3 is 5.73 Å². The fourth-order valence-corrected chi connectivity index (χ4v) is 3.71. The molecule has 9 heteroatoms. The van der Waals surface area contributed by atoms with Crippen molar-refractivity contribution in [2.45, 2.75) is 28.8 Å². The highest BCUT2D eigenvalue weighted by Gasteiger charge is 2.31. The Labute approximate surface area is 158 Å². The average Bonchev–Trinajstić information content (AvgIpc) is 3.43. The zero-order chi connectivity index (χ0) is 19.0. The van der Waals surface area contributed by atoms with Gasteiger partial charge in [0, 0.05) is 23.2 Å². The summed E-state index contributed by atoms with van der Waals surface area (Å²) in [6.07, 6.45) is 2.12. The first kappa shape index (κ1) is 17.2. The first-order valence-electron chi connectivity index (χ1n) is 8.31. The summed E-state index contributed by atoms with van der Waals surface area (Å²) >= 11 is 1.15. The van der Waals surface area contributed by atoms with Gasteiger partial charge in [0.25, 0.3) is 5.69 Å². The van der Waals surface area contributed by atoms with Gasteiger partial charge in [0.2, 0.25) is 11.1 Å². The van der Waals surface area contributed by atoms with Crippen LogP contribution in [0.1, 0.15) is 34.9 Å². The van der Waals surface area contributed by atoms with Crippen LogP contribution in [0, 0.1) is 10.1 Å². The van der Waals surface area contributed by atoms with Gasteiger partial charge in [0.1, 0.15) is 5.82 Å². The van der Waals surface area contributed by atoms with E-state index in [0.29, 0.717) is 16.0 Å². The second-order valence-electron chi connectivity index (χ2n) is 6.19. The molecule has 1 aliphatic rings. The van der Waals surface area contributed by atoms with E-state index in [1.807, 2.05) is 34.9 Å². The first-order valence-corrected chi connectivity index (χ1v) is 9.13. The lowest BCUT2D eigenvalue weighted by Crippen LogP contribution is -2.11. The molecule has 3 aromatic rings. The number of benzene rings is 2. The summed E-state index contributed by atoms with van der Waals surface area (Å²) in [4.78, 5) is 22.6. The van der Waals surface area contributed by atoms with E-state index >= 15 is 0 Å². The minimum atomic E-state index is -0.710. The summed E-state index contributed by atoms with van der Waals surface area (Å²) in [7, 11) is 0. The van der Waals surface area contributed by atoms with E-state index in [0.717, 1.165) is 36.1 Å². The van der Waals surface area contributed by atoms with Gasteiger partial charge in [-0.2, -0.15) is 0 Å². The van der Waals surface area contributed by atoms with E-state index < -0.39 is 10.8 Å². The van der Waals surface area contributed by atoms with Crippen molar-refractivity contribution in [2.24, 2.45) is 5.73 Å². The topological polar surface area (TPSA) is 117 Å². The van der Waals surface area contributed by atoms with Crippen molar-refractivity contribution in [1.29, 1.82) is 0 Å². The van der Waals surface area contributed by atoms with Crippen LogP contribution >= 0.6 is 11.8 Å². The molecular formula is C18H15N5O3S. The summed E-state index contributed by atoms with van der Waals surface area (Å²) in [5.41, 5.74) is 6.04. The molecule has 1 fully saturated rings. The number of hydrogen-bond donors (Lipinski definition) is 1. The molecule has 1 saturated carbocycles. The predicted molar refractivity (Wildman–Crippen MR) is 99.1 cm³/mol. The van der Waals surface area contributed by atoms with E-state index in [1.54, 1.807) is 0 Å². The van der Waals surface area contributed by atoms with Crippen molar-refractivity contribution < 1.29 is 9.72 Å². The highest BCUT2D eigenvalue weighted by atomic mass is 32.2. The molecule has 0 unspecified atom stereocenters. The Balaban J connectivity index is 1.78. The number of carbonyl (C=O) groups is 1. The number of para-hydroxylation sites is 1. The second kappa shape index (κ2) is 6.84. The quantitative estimate of drug-likeness (QED) is 0.517. The number of primary amides is 1. The monoisotopic (exact) mass is 381 g/mol. The average molecular weight is 381 g/mol. The Hall–Kier alpha value is -3.20. The molecular weight excluding hydrogens is 366 g/mol. The first-order chi connectivity index (χ1) is 13.0. The normalized spacial score (nSPS) is 13.5. The van der Waals surface area contributed by atoms with E-state index in [1.165, 1.54) is 18.2 Å². The maximum absolute atomic E-state index is 11.5. The number of carbonyl (C=O) groups excluding carboxylic acids is 1. The zero-order valence-corrected chi connectivity index (χ0v) is 14.9. The molecule has 0 atom stereocenters. The lowest BCUT2D eigenvalue weighted by molar-refractivity contribution is -0.387. The van der Waals surface area contributed by atoms with E-state index in [-0.39, 0.29) is 11.3 Å². The van der Waals surface area contributed by atoms with Crippen LogP contribution in [0.5, 0.6) is 0 Å². The smallest absolute Gasteiger partial charge is 0.284 e. The lowest BCUT2D eigenvalue weighted by Gasteiger charge is -2.10. The van der Waals surface area contributed by atoms with Crippen molar-refractivity contribution in [3.8, 4) is 5.69 Å². The summed E-state index contributed by atoms with van der Waals surface area (Å²) in [5, 5.41) is 20.6. The van der Waals surface area contributed by atoms with Gasteiger partial charge in [-0.05, 0) is 48.9 Å². The number of nitrogens with two attached hydrogens (primary N) is 1. The number of nitrogens with zero attached hydrogens (tertiary/aromatic N) is 4. The second-order valence-corrected chi connectivity index (χ2v) is 7.20. The summed E-state index contributed by atoms with van der Waals surface area (Å²) < 4.78 is 1.94. The molecule has 0 bridgehead atoms. The van der Waals surface area contributed by atoms with Crippen LogP contribution in [-0.2, 0) is 0 Å². The number of hydrogen-bond acceptors (Lipinski definition) is 6. The number of rotatable bonds is 6. The standard InChI is InChI=1S/C18H15N5O3S/c19-16(24)12-8-9-15(14(10-12)23(25)26)27-18-21-20-17(11-6-7-11)22(18)13-4-2-1-3-5-13/h1-5,8-11H,6-7H2,(H2,19,24). The van der Waals surface area contributed by atoms with Crippen molar-refractivity contribution >= 4 is 23.4 Å². The molecule has 1 heterocycles. The molecule has 4 rings (SSSR count). The Morgan fingerprint density at radius 1 is 1.19 bits per heavy atom. The van der Waals surface area contributed by atoms with Crippen molar-refractivity contribution in [3.63, 3.8) is 0 Å². The van der Waals surface area contributed by atoms with Gasteiger partial charge >= 0.3 is 0 Å². The Bertz CT molecular complexity index is 1030. The van der Waals surface area contributed by atoms with Crippen LogP contribution in [0.2, 0.25) is 0 Å². The number of nitro benzene ring substituents is 1. The molecule has 2 N–H and O–H groups in total. The highest BCUT2D eigenvalue weighted by Crippen LogP contribution is 2.43. The minimum Gasteiger partial charge on any atom is -0.366 e. The minimum absolute atomic E-state index is 0.0919. The van der Waals surface area contributed by atoms with Gasteiger partial charge in [-0.3, -0.25) is 19.5 Å². The van der Waals surface area contributed by atoms with Crippen LogP contribution in [0.15, 0.2) is 58.6 Å². The third-order valence-corrected chi connectivity index (χ3v) is 5.27. The molecule has 0 spiro atoms. The molecule has 8 nitrogen and oxygen atoms in total. The number of aromatic nitrogens is 3. The highest BCUT2D eigenvalue weighted by molar-refractivity contribution is 7.99. The molecule has 136 valence electrons. The molecule has 2 aromatic carbocycles. The maximum atomic E-state index is 11.5. The Morgan fingerprint density at radius 2 is 1.93 bits per heavy atom. The Kier molecular flexibility index (Phi) is 4.36. The number of nitro groups is 1. The molecule has 1 aromatic heterocycles. The largest absolute Gasteiger partial charge is 0.366 e. The summed E-state index contributed by atoms with van der Waals surface area (Å²) in [6.45, 7) is 0. The van der Waals surface area contributed by atoms with Crippen molar-refractivity contribution in [2.75, 3.05) is 0 Å². The van der Waals surface area contributed by atoms with Gasteiger partial charge in [-0.25, -0.2) is 0 Å². The van der Waals surface area contributed by atoms with Gasteiger partial charge in [0.15, 0.2) is 0 Å². The van der Waals surface area contributed by atoms with E-state index in [2.05, 4.69) is 10.2 Å². The third kappa shape index (κ3) is 3.41. The summed E-state index contributed by atoms with van der Waals surface area (Å²) in [6, 6.07) is 13.8. The van der Waals surface area contributed by atoms with Crippen LogP contribution < -0.4 is 5.73 Å². The fourth-order valence-electron chi connectivity index (χ4n) is 2.77. The third-order valence-electron chi connectivity index (χ3n) is 4.26. The molecule has 1 amide bonds. The van der Waals surface area contributed by atoms with Gasteiger partial charge in [-0.15, -0.1) is 10.2 Å². The maximum Gasteiger partial charge on any atom is 0.284 e. The van der Waals surface area contributed by atoms with Gasteiger partial charge in [-0.1, -0.05) is 18.2 Å². The van der Waals surface area contributed by atoms with Crippen LogP contribution in [0.4, 0.5) is 5.69 Å². The van der Waals surface area contributed by atoms with Gasteiger partial charge in [0.05, 0.1) is 9.82 Å². The van der Waals surface area contributed by atoms with Crippen molar-refractivity contribution in [3.05, 3.63) is 70.0 Å². The van der Waals surface area contributed by atoms with E-state index in [4.69, 9.17) is 5.73 Å². The van der Waals surface area contributed by atoms with Crippen LogP contribution in [0.3, 0.4) is 0 Å². The van der Waals surface area contributed by atoms with Crippen LogP contribution in [-0.4, -0.2) is 25.6 Å². The van der Waals surface area contributed by atoms with Crippen molar-refractivity contribution in [1.82, 2.24) is 14.8 Å². The predicted octanol–water partition coefficient (Wildman–Crippen LogP) is 3.30. The molecule has 1 aliphatic carbocycles. The SMILES string of the molecule is NC(=O)c1ccc(Sc2nnc(C3CC3)n2-c2ccccc2)c([N+](=O)[O-])c1. The Morgan fingerprint density at radius 3 is 2.56 bits per heavy atom. The number of amides is 1. The fraction of sp³-hybridized carbons (Fsp3) is 0.167. The lowest BCUT2D eigenvalue weighted by atomic mass is 10.2. The molecule has 0 aliphatic heterocycles. The molecule has 0 radical (unpaired) electrons. The summed E-state index contributed by atoms with van der Waals surface area (Å²) in [5.74, 6) is 0.512. The molecule has 0 saturated heterocycles.